The van der Waals surface area contributed by atoms with Crippen molar-refractivity contribution in [3.05, 3.63) is 32.6 Å². The maximum Gasteiger partial charge on any atom is 0.165 e. The number of benzene rings is 1. The minimum absolute atomic E-state index is 0.438. The highest BCUT2D eigenvalue weighted by Gasteiger charge is 2.14. The summed E-state index contributed by atoms with van der Waals surface area (Å²) in [7, 11) is 3.21. The summed E-state index contributed by atoms with van der Waals surface area (Å²) in [5.74, 6) is 1.92. The summed E-state index contributed by atoms with van der Waals surface area (Å²) < 4.78 is 11.4. The Kier molecular flexibility index (Phi) is 4.46. The minimum Gasteiger partial charge on any atom is -0.497 e. The van der Waals surface area contributed by atoms with Gasteiger partial charge in [-0.15, -0.1) is 0 Å². The molecule has 0 amide bonds. The van der Waals surface area contributed by atoms with Crippen LogP contribution in [-0.4, -0.2) is 24.2 Å². The third-order valence-electron chi connectivity index (χ3n) is 2.62. The van der Waals surface area contributed by atoms with Crippen molar-refractivity contribution in [2.24, 2.45) is 0 Å². The molecule has 100 valence electrons. The van der Waals surface area contributed by atoms with E-state index in [4.69, 9.17) is 21.1 Å². The number of halogens is 2. The maximum absolute atomic E-state index is 6.11. The third-order valence-corrected chi connectivity index (χ3v) is 4.51. The van der Waals surface area contributed by atoms with Crippen molar-refractivity contribution in [2.45, 2.75) is 6.92 Å². The predicted octanol–water partition coefficient (Wildman–Crippen LogP) is 3.73. The Morgan fingerprint density at radius 2 is 1.89 bits per heavy atom. The number of hydrogen-bond donors (Lipinski definition) is 0. The van der Waals surface area contributed by atoms with Gasteiger partial charge in [-0.3, -0.25) is 0 Å². The Bertz CT molecular complexity index is 597. The molecule has 1 heterocycles. The van der Waals surface area contributed by atoms with E-state index in [0.29, 0.717) is 22.5 Å². The van der Waals surface area contributed by atoms with Gasteiger partial charge in [0.15, 0.2) is 5.82 Å². The molecule has 0 aliphatic carbocycles. The second-order valence-corrected chi connectivity index (χ2v) is 5.24. The number of nitrogens with zero attached hydrogens (tertiary/aromatic N) is 2. The van der Waals surface area contributed by atoms with Crippen molar-refractivity contribution in [3.63, 3.8) is 0 Å². The van der Waals surface area contributed by atoms with Crippen LogP contribution < -0.4 is 9.47 Å². The summed E-state index contributed by atoms with van der Waals surface area (Å²) in [5, 5.41) is 0.438. The van der Waals surface area contributed by atoms with Crippen molar-refractivity contribution in [1.29, 1.82) is 0 Å². The van der Waals surface area contributed by atoms with Crippen LogP contribution in [0.5, 0.6) is 11.5 Å². The molecule has 0 unspecified atom stereocenters. The molecular weight excluding hydrogens is 379 g/mol. The van der Waals surface area contributed by atoms with Crippen LogP contribution in [0.2, 0.25) is 5.15 Å². The standard InChI is InChI=1S/C13H12ClIN2O2/c1-7-11(15)12(14)17-13(16-7)9-6-8(18-2)4-5-10(9)19-3/h4-6H,1-3H3. The van der Waals surface area contributed by atoms with Crippen LogP contribution in [0.3, 0.4) is 0 Å². The van der Waals surface area contributed by atoms with Crippen LogP contribution in [0.15, 0.2) is 18.2 Å². The van der Waals surface area contributed by atoms with Gasteiger partial charge in [-0.2, -0.15) is 0 Å². The molecule has 0 spiro atoms. The number of aryl methyl sites for hydroxylation is 1. The molecule has 0 aliphatic heterocycles. The fourth-order valence-electron chi connectivity index (χ4n) is 1.63. The molecule has 2 aromatic rings. The number of hydrogen-bond acceptors (Lipinski definition) is 4. The highest BCUT2D eigenvalue weighted by molar-refractivity contribution is 14.1. The van der Waals surface area contributed by atoms with Gasteiger partial charge in [-0.05, 0) is 47.7 Å². The van der Waals surface area contributed by atoms with Gasteiger partial charge in [0.2, 0.25) is 0 Å². The predicted molar refractivity (Wildman–Crippen MR) is 83.0 cm³/mol. The van der Waals surface area contributed by atoms with Gasteiger partial charge >= 0.3 is 0 Å². The normalized spacial score (nSPS) is 10.4. The van der Waals surface area contributed by atoms with Gasteiger partial charge in [0.25, 0.3) is 0 Å². The van der Waals surface area contributed by atoms with Crippen LogP contribution in [-0.2, 0) is 0 Å². The van der Waals surface area contributed by atoms with Crippen molar-refractivity contribution < 1.29 is 9.47 Å². The van der Waals surface area contributed by atoms with Crippen molar-refractivity contribution in [1.82, 2.24) is 9.97 Å². The summed E-state index contributed by atoms with van der Waals surface area (Å²) >= 11 is 8.23. The molecule has 0 saturated carbocycles. The highest BCUT2D eigenvalue weighted by Crippen LogP contribution is 2.33. The SMILES string of the molecule is COc1ccc(OC)c(-c2nc(C)c(I)c(Cl)n2)c1. The molecule has 19 heavy (non-hydrogen) atoms. The van der Waals surface area contributed by atoms with Crippen LogP contribution in [0.1, 0.15) is 5.69 Å². The van der Waals surface area contributed by atoms with Crippen LogP contribution in [0.25, 0.3) is 11.4 Å². The zero-order chi connectivity index (χ0) is 14.0. The molecule has 0 fully saturated rings. The lowest BCUT2D eigenvalue weighted by Gasteiger charge is -2.11. The molecule has 0 saturated heterocycles. The number of methoxy groups -OCH3 is 2. The Morgan fingerprint density at radius 1 is 1.16 bits per heavy atom. The first-order valence-corrected chi connectivity index (χ1v) is 6.94. The number of ether oxygens (including phenoxy) is 2. The van der Waals surface area contributed by atoms with Crippen molar-refractivity contribution in [3.8, 4) is 22.9 Å². The first-order valence-electron chi connectivity index (χ1n) is 5.49. The van der Waals surface area contributed by atoms with Crippen LogP contribution >= 0.6 is 34.2 Å². The monoisotopic (exact) mass is 390 g/mol. The molecule has 0 radical (unpaired) electrons. The summed E-state index contributed by atoms with van der Waals surface area (Å²) in [4.78, 5) is 8.75. The van der Waals surface area contributed by atoms with Gasteiger partial charge in [0.1, 0.15) is 16.7 Å². The van der Waals surface area contributed by atoms with E-state index in [0.717, 1.165) is 14.8 Å². The molecule has 1 aromatic heterocycles. The Morgan fingerprint density at radius 3 is 2.47 bits per heavy atom. The lowest BCUT2D eigenvalue weighted by Crippen LogP contribution is -1.99. The summed E-state index contributed by atoms with van der Waals surface area (Å²) in [6.07, 6.45) is 0. The number of aromatic nitrogens is 2. The van der Waals surface area contributed by atoms with Gasteiger partial charge in [0, 0.05) is 0 Å². The molecule has 0 atom stereocenters. The summed E-state index contributed by atoms with van der Waals surface area (Å²) in [6.45, 7) is 1.89. The molecule has 0 bridgehead atoms. The summed E-state index contributed by atoms with van der Waals surface area (Å²) in [5.41, 5.74) is 1.59. The second-order valence-electron chi connectivity index (χ2n) is 3.80. The lowest BCUT2D eigenvalue weighted by molar-refractivity contribution is 0.404. The minimum atomic E-state index is 0.438. The van der Waals surface area contributed by atoms with E-state index in [1.54, 1.807) is 14.2 Å². The Balaban J connectivity index is 2.63. The lowest BCUT2D eigenvalue weighted by atomic mass is 10.1. The average Bonchev–Trinajstić information content (AvgIpc) is 2.43. The zero-order valence-electron chi connectivity index (χ0n) is 10.7. The summed E-state index contributed by atoms with van der Waals surface area (Å²) in [6, 6.07) is 5.47. The van der Waals surface area contributed by atoms with E-state index in [2.05, 4.69) is 32.6 Å². The maximum atomic E-state index is 6.11. The van der Waals surface area contributed by atoms with E-state index < -0.39 is 0 Å². The zero-order valence-corrected chi connectivity index (χ0v) is 13.6. The van der Waals surface area contributed by atoms with E-state index in [-0.39, 0.29) is 0 Å². The molecule has 6 heteroatoms. The smallest absolute Gasteiger partial charge is 0.165 e. The molecule has 4 nitrogen and oxygen atoms in total. The van der Waals surface area contributed by atoms with Crippen LogP contribution in [0, 0.1) is 10.5 Å². The first kappa shape index (κ1) is 14.3. The first-order chi connectivity index (χ1) is 9.06. The molecule has 2 rings (SSSR count). The van der Waals surface area contributed by atoms with Gasteiger partial charge < -0.3 is 9.47 Å². The average molecular weight is 391 g/mol. The molecule has 0 aliphatic rings. The second kappa shape index (κ2) is 5.92. The molecular formula is C13H12ClIN2O2. The molecule has 1 aromatic carbocycles. The third kappa shape index (κ3) is 2.92. The van der Waals surface area contributed by atoms with Gasteiger partial charge in [-0.25, -0.2) is 9.97 Å². The van der Waals surface area contributed by atoms with Crippen molar-refractivity contribution >= 4 is 34.2 Å². The highest BCUT2D eigenvalue weighted by atomic mass is 127. The fraction of sp³-hybridized carbons (Fsp3) is 0.231. The largest absolute Gasteiger partial charge is 0.497 e. The molecule has 0 N–H and O–H groups in total. The number of rotatable bonds is 3. The van der Waals surface area contributed by atoms with Crippen molar-refractivity contribution in [2.75, 3.05) is 14.2 Å². The fourth-order valence-corrected chi connectivity index (χ4v) is 2.09. The Hall–Kier alpha value is -1.08. The van der Waals surface area contributed by atoms with Crippen LogP contribution in [0.4, 0.5) is 0 Å². The van der Waals surface area contributed by atoms with Gasteiger partial charge in [-0.1, -0.05) is 11.6 Å². The van der Waals surface area contributed by atoms with E-state index in [9.17, 15) is 0 Å². The Labute approximate surface area is 130 Å². The van der Waals surface area contributed by atoms with E-state index >= 15 is 0 Å². The van der Waals surface area contributed by atoms with Gasteiger partial charge in [0.05, 0.1) is 29.0 Å². The van der Waals surface area contributed by atoms with E-state index in [1.807, 2.05) is 25.1 Å². The topological polar surface area (TPSA) is 44.2 Å². The quantitative estimate of drug-likeness (QED) is 0.592. The van der Waals surface area contributed by atoms with E-state index in [1.165, 1.54) is 0 Å².